The predicted molar refractivity (Wildman–Crippen MR) is 88.0 cm³/mol. The van der Waals surface area contributed by atoms with Crippen LogP contribution in [-0.4, -0.2) is 38.3 Å². The lowest BCUT2D eigenvalue weighted by Crippen LogP contribution is -2.48. The van der Waals surface area contributed by atoms with Gasteiger partial charge in [0.25, 0.3) is 0 Å². The highest BCUT2D eigenvalue weighted by Gasteiger charge is 2.17. The third-order valence-electron chi connectivity index (χ3n) is 3.32. The van der Waals surface area contributed by atoms with Crippen molar-refractivity contribution in [1.82, 2.24) is 5.32 Å². The number of benzene rings is 1. The van der Waals surface area contributed by atoms with Gasteiger partial charge in [-0.3, -0.25) is 4.79 Å². The van der Waals surface area contributed by atoms with E-state index in [9.17, 15) is 4.79 Å². The topological polar surface area (TPSA) is 73.6 Å². The monoisotopic (exact) mass is 308 g/mol. The summed E-state index contributed by atoms with van der Waals surface area (Å²) in [7, 11) is 1.70. The molecule has 1 aromatic carbocycles. The van der Waals surface area contributed by atoms with Crippen LogP contribution >= 0.6 is 0 Å². The first-order valence-electron chi connectivity index (χ1n) is 7.68. The highest BCUT2D eigenvalue weighted by molar-refractivity contribution is 5.76. The molecule has 0 unspecified atom stereocenters. The SMILES string of the molecule is COCCc1ccc(OCCCC(=O)NC(C)(C)CN)cc1. The highest BCUT2D eigenvalue weighted by atomic mass is 16.5. The van der Waals surface area contributed by atoms with Gasteiger partial charge in [-0.2, -0.15) is 0 Å². The second kappa shape index (κ2) is 9.43. The van der Waals surface area contributed by atoms with Crippen LogP contribution in [0.1, 0.15) is 32.3 Å². The van der Waals surface area contributed by atoms with E-state index >= 15 is 0 Å². The first-order chi connectivity index (χ1) is 10.5. The van der Waals surface area contributed by atoms with Gasteiger partial charge in [-0.1, -0.05) is 12.1 Å². The normalized spacial score (nSPS) is 11.3. The average Bonchev–Trinajstić information content (AvgIpc) is 2.50. The lowest BCUT2D eigenvalue weighted by Gasteiger charge is -2.24. The van der Waals surface area contributed by atoms with Crippen molar-refractivity contribution in [2.75, 3.05) is 26.9 Å². The van der Waals surface area contributed by atoms with E-state index in [1.165, 1.54) is 5.56 Å². The Morgan fingerprint density at radius 1 is 1.23 bits per heavy atom. The fraction of sp³-hybridized carbons (Fsp3) is 0.588. The number of nitrogens with one attached hydrogen (secondary N) is 1. The molecule has 0 atom stereocenters. The minimum atomic E-state index is -0.351. The molecule has 1 amide bonds. The van der Waals surface area contributed by atoms with Gasteiger partial charge < -0.3 is 20.5 Å². The molecule has 5 nitrogen and oxygen atoms in total. The Labute approximate surface area is 133 Å². The molecule has 22 heavy (non-hydrogen) atoms. The average molecular weight is 308 g/mol. The van der Waals surface area contributed by atoms with Gasteiger partial charge in [-0.25, -0.2) is 0 Å². The van der Waals surface area contributed by atoms with Crippen molar-refractivity contribution >= 4 is 5.91 Å². The van der Waals surface area contributed by atoms with Crippen LogP contribution in [0.25, 0.3) is 0 Å². The summed E-state index contributed by atoms with van der Waals surface area (Å²) in [6, 6.07) is 7.96. The standard InChI is InChI=1S/C17H28N2O3/c1-17(2,13-18)19-16(20)5-4-11-22-15-8-6-14(7-9-15)10-12-21-3/h6-9H,4-5,10-13,18H2,1-3H3,(H,19,20). The third-order valence-corrected chi connectivity index (χ3v) is 3.32. The predicted octanol–water partition coefficient (Wildman–Crippen LogP) is 1.89. The van der Waals surface area contributed by atoms with Crippen molar-refractivity contribution in [2.45, 2.75) is 38.6 Å². The smallest absolute Gasteiger partial charge is 0.220 e. The minimum absolute atomic E-state index is 0.00830. The van der Waals surface area contributed by atoms with Crippen molar-refractivity contribution in [2.24, 2.45) is 5.73 Å². The van der Waals surface area contributed by atoms with Gasteiger partial charge in [0.15, 0.2) is 0 Å². The zero-order chi connectivity index (χ0) is 16.4. The Hall–Kier alpha value is -1.59. The second-order valence-corrected chi connectivity index (χ2v) is 5.97. The molecule has 1 aromatic rings. The molecule has 0 heterocycles. The Balaban J connectivity index is 2.23. The molecule has 0 aliphatic rings. The van der Waals surface area contributed by atoms with Crippen molar-refractivity contribution in [1.29, 1.82) is 0 Å². The summed E-state index contributed by atoms with van der Waals surface area (Å²) >= 11 is 0. The molecule has 5 heteroatoms. The van der Waals surface area contributed by atoms with Gasteiger partial charge in [0.1, 0.15) is 5.75 Å². The molecule has 3 N–H and O–H groups in total. The number of hydrogen-bond acceptors (Lipinski definition) is 4. The second-order valence-electron chi connectivity index (χ2n) is 5.97. The summed E-state index contributed by atoms with van der Waals surface area (Å²) < 4.78 is 10.7. The molecule has 0 spiro atoms. The minimum Gasteiger partial charge on any atom is -0.494 e. The molecule has 0 fully saturated rings. The van der Waals surface area contributed by atoms with Crippen molar-refractivity contribution < 1.29 is 14.3 Å². The van der Waals surface area contributed by atoms with E-state index in [4.69, 9.17) is 15.2 Å². The summed E-state index contributed by atoms with van der Waals surface area (Å²) in [5.41, 5.74) is 6.45. The van der Waals surface area contributed by atoms with Gasteiger partial charge in [0.05, 0.1) is 13.2 Å². The van der Waals surface area contributed by atoms with Crippen LogP contribution in [0.4, 0.5) is 0 Å². The van der Waals surface area contributed by atoms with Gasteiger partial charge >= 0.3 is 0 Å². The van der Waals surface area contributed by atoms with Crippen LogP contribution in [0.15, 0.2) is 24.3 Å². The molecule has 0 aliphatic carbocycles. The third kappa shape index (κ3) is 7.43. The molecule has 0 saturated heterocycles. The molecule has 0 aromatic heterocycles. The van der Waals surface area contributed by atoms with Crippen LogP contribution < -0.4 is 15.8 Å². The van der Waals surface area contributed by atoms with Gasteiger partial charge in [0.2, 0.25) is 5.91 Å². The van der Waals surface area contributed by atoms with Gasteiger partial charge in [-0.05, 0) is 44.4 Å². The number of rotatable bonds is 10. The number of carbonyl (C=O) groups is 1. The molecule has 1 rings (SSSR count). The lowest BCUT2D eigenvalue weighted by atomic mass is 10.1. The quantitative estimate of drug-likeness (QED) is 0.647. The molecule has 0 saturated carbocycles. The van der Waals surface area contributed by atoms with E-state index < -0.39 is 0 Å². The summed E-state index contributed by atoms with van der Waals surface area (Å²) in [4.78, 5) is 11.7. The fourth-order valence-electron chi connectivity index (χ4n) is 1.89. The Morgan fingerprint density at radius 2 is 1.91 bits per heavy atom. The van der Waals surface area contributed by atoms with Crippen LogP contribution in [0.2, 0.25) is 0 Å². The zero-order valence-electron chi connectivity index (χ0n) is 13.9. The summed E-state index contributed by atoms with van der Waals surface area (Å²) in [5.74, 6) is 0.831. The van der Waals surface area contributed by atoms with Crippen LogP contribution in [-0.2, 0) is 16.0 Å². The summed E-state index contributed by atoms with van der Waals surface area (Å²) in [6.07, 6.45) is 2.02. The van der Waals surface area contributed by atoms with Crippen LogP contribution in [0, 0.1) is 0 Å². The molecular formula is C17H28N2O3. The van der Waals surface area contributed by atoms with Crippen molar-refractivity contribution in [3.63, 3.8) is 0 Å². The first kappa shape index (κ1) is 18.5. The number of nitrogens with two attached hydrogens (primary N) is 1. The summed E-state index contributed by atoms with van der Waals surface area (Å²) in [5, 5.41) is 2.90. The fourth-order valence-corrected chi connectivity index (χ4v) is 1.89. The van der Waals surface area contributed by atoms with E-state index in [-0.39, 0.29) is 11.4 Å². The lowest BCUT2D eigenvalue weighted by molar-refractivity contribution is -0.122. The number of methoxy groups -OCH3 is 1. The van der Waals surface area contributed by atoms with Crippen molar-refractivity contribution in [3.8, 4) is 5.75 Å². The first-order valence-corrected chi connectivity index (χ1v) is 7.68. The van der Waals surface area contributed by atoms with E-state index in [0.29, 0.717) is 32.6 Å². The largest absolute Gasteiger partial charge is 0.494 e. The maximum Gasteiger partial charge on any atom is 0.220 e. The van der Waals surface area contributed by atoms with E-state index in [0.717, 1.165) is 12.2 Å². The number of ether oxygens (including phenoxy) is 2. The molecule has 0 radical (unpaired) electrons. The Kier molecular flexibility index (Phi) is 7.91. The number of carbonyl (C=O) groups excluding carboxylic acids is 1. The van der Waals surface area contributed by atoms with E-state index in [2.05, 4.69) is 5.32 Å². The highest BCUT2D eigenvalue weighted by Crippen LogP contribution is 2.13. The van der Waals surface area contributed by atoms with Crippen LogP contribution in [0.3, 0.4) is 0 Å². The van der Waals surface area contributed by atoms with Gasteiger partial charge in [0, 0.05) is 25.6 Å². The Bertz CT molecular complexity index is 444. The Morgan fingerprint density at radius 3 is 2.50 bits per heavy atom. The number of hydrogen-bond donors (Lipinski definition) is 2. The molecule has 124 valence electrons. The maximum atomic E-state index is 11.7. The van der Waals surface area contributed by atoms with E-state index in [1.54, 1.807) is 7.11 Å². The maximum absolute atomic E-state index is 11.7. The van der Waals surface area contributed by atoms with E-state index in [1.807, 2.05) is 38.1 Å². The molecule has 0 bridgehead atoms. The number of amides is 1. The molecule has 0 aliphatic heterocycles. The zero-order valence-corrected chi connectivity index (χ0v) is 13.9. The summed E-state index contributed by atoms with van der Waals surface area (Å²) in [6.45, 7) is 5.48. The molecular weight excluding hydrogens is 280 g/mol. The van der Waals surface area contributed by atoms with Crippen molar-refractivity contribution in [3.05, 3.63) is 29.8 Å². The van der Waals surface area contributed by atoms with Crippen LogP contribution in [0.5, 0.6) is 5.75 Å². The van der Waals surface area contributed by atoms with Gasteiger partial charge in [-0.15, -0.1) is 0 Å².